The molecule has 0 radical (unpaired) electrons. The van der Waals surface area contributed by atoms with Gasteiger partial charge in [-0.05, 0) is 49.6 Å². The van der Waals surface area contributed by atoms with Crippen LogP contribution in [-0.2, 0) is 15.4 Å². The van der Waals surface area contributed by atoms with Crippen LogP contribution >= 0.6 is 11.6 Å². The normalized spacial score (nSPS) is 16.2. The molecule has 130 valence electrons. The first-order chi connectivity index (χ1) is 11.9. The number of fused-ring (bicyclic) bond motifs is 1. The highest BCUT2D eigenvalue weighted by Gasteiger charge is 2.46. The zero-order valence-corrected chi connectivity index (χ0v) is 15.4. The van der Waals surface area contributed by atoms with Crippen molar-refractivity contribution in [3.8, 4) is 0 Å². The topological polar surface area (TPSA) is 62.0 Å². The molecule has 2 N–H and O–H groups in total. The smallest absolute Gasteiger partial charge is 0.240 e. The zero-order valence-electron chi connectivity index (χ0n) is 13.8. The first kappa shape index (κ1) is 16.6. The molecular weight excluding hydrogens is 356 g/mol. The molecule has 1 aliphatic rings. The van der Waals surface area contributed by atoms with Crippen LogP contribution in [-0.4, -0.2) is 19.9 Å². The highest BCUT2D eigenvalue weighted by molar-refractivity contribution is 7.89. The van der Waals surface area contributed by atoms with Crippen LogP contribution in [0.25, 0.3) is 10.9 Å². The van der Waals surface area contributed by atoms with E-state index in [0.29, 0.717) is 16.5 Å². The van der Waals surface area contributed by atoms with E-state index in [2.05, 4.69) is 9.71 Å². The molecule has 1 aromatic heterocycles. The van der Waals surface area contributed by atoms with Crippen LogP contribution in [0, 0.1) is 6.92 Å². The molecule has 3 aromatic rings. The van der Waals surface area contributed by atoms with Crippen LogP contribution in [0.15, 0.2) is 53.6 Å². The van der Waals surface area contributed by atoms with Gasteiger partial charge in [0.05, 0.1) is 4.90 Å². The minimum absolute atomic E-state index is 0.135. The Hall–Kier alpha value is -1.82. The maximum absolute atomic E-state index is 12.6. The number of aryl methyl sites for hydroxylation is 1. The van der Waals surface area contributed by atoms with Gasteiger partial charge in [0.2, 0.25) is 10.0 Å². The molecule has 0 bridgehead atoms. The standard InChI is InChI=1S/C19H19ClN2O2S/c1-13-2-5-15(6-3-13)25(23,24)22-12-19(8-9-19)17-11-21-18-10-14(20)4-7-16(17)18/h2-7,10-11,21-22H,8-9,12H2,1H3. The molecule has 25 heavy (non-hydrogen) atoms. The van der Waals surface area contributed by atoms with Gasteiger partial charge >= 0.3 is 0 Å². The monoisotopic (exact) mass is 374 g/mol. The van der Waals surface area contributed by atoms with E-state index < -0.39 is 10.0 Å². The van der Waals surface area contributed by atoms with Gasteiger partial charge in [0.1, 0.15) is 0 Å². The second-order valence-corrected chi connectivity index (χ2v) is 9.01. The summed E-state index contributed by atoms with van der Waals surface area (Å²) >= 11 is 6.05. The summed E-state index contributed by atoms with van der Waals surface area (Å²) in [5, 5.41) is 1.79. The first-order valence-electron chi connectivity index (χ1n) is 8.23. The average Bonchev–Trinajstić information content (AvgIpc) is 3.26. The number of aromatic nitrogens is 1. The number of benzene rings is 2. The highest BCUT2D eigenvalue weighted by atomic mass is 35.5. The summed E-state index contributed by atoms with van der Waals surface area (Å²) in [6.07, 6.45) is 3.92. The van der Waals surface area contributed by atoms with Gasteiger partial charge in [-0.25, -0.2) is 13.1 Å². The van der Waals surface area contributed by atoms with Gasteiger partial charge in [-0.1, -0.05) is 35.4 Å². The molecule has 4 rings (SSSR count). The first-order valence-corrected chi connectivity index (χ1v) is 10.1. The summed E-state index contributed by atoms with van der Waals surface area (Å²) in [5.74, 6) is 0. The van der Waals surface area contributed by atoms with Crippen molar-refractivity contribution in [1.82, 2.24) is 9.71 Å². The third-order valence-corrected chi connectivity index (χ3v) is 6.65. The Bertz CT molecular complexity index is 1030. The van der Waals surface area contributed by atoms with Crippen LogP contribution < -0.4 is 4.72 Å². The summed E-state index contributed by atoms with van der Waals surface area (Å²) < 4.78 is 27.9. The molecule has 1 aliphatic carbocycles. The quantitative estimate of drug-likeness (QED) is 0.705. The minimum Gasteiger partial charge on any atom is -0.361 e. The SMILES string of the molecule is Cc1ccc(S(=O)(=O)NCC2(c3c[nH]c4cc(Cl)ccc34)CC2)cc1. The summed E-state index contributed by atoms with van der Waals surface area (Å²) in [6, 6.07) is 12.7. The molecule has 0 aliphatic heterocycles. The molecule has 1 fully saturated rings. The van der Waals surface area contributed by atoms with Crippen LogP contribution in [0.5, 0.6) is 0 Å². The van der Waals surface area contributed by atoms with Gasteiger partial charge in [-0.15, -0.1) is 0 Å². The summed E-state index contributed by atoms with van der Waals surface area (Å²) in [4.78, 5) is 3.55. The van der Waals surface area contributed by atoms with Crippen molar-refractivity contribution in [2.24, 2.45) is 0 Å². The third kappa shape index (κ3) is 3.08. The van der Waals surface area contributed by atoms with Crippen LogP contribution in [0.4, 0.5) is 0 Å². The van der Waals surface area contributed by atoms with E-state index in [-0.39, 0.29) is 5.41 Å². The largest absolute Gasteiger partial charge is 0.361 e. The molecule has 2 aromatic carbocycles. The lowest BCUT2D eigenvalue weighted by atomic mass is 9.96. The highest BCUT2D eigenvalue weighted by Crippen LogP contribution is 2.50. The van der Waals surface area contributed by atoms with Crippen molar-refractivity contribution >= 4 is 32.5 Å². The lowest BCUT2D eigenvalue weighted by molar-refractivity contribution is 0.568. The molecule has 0 spiro atoms. The molecule has 1 heterocycles. The second kappa shape index (κ2) is 5.87. The van der Waals surface area contributed by atoms with Gasteiger partial charge in [0.15, 0.2) is 0 Å². The Morgan fingerprint density at radius 1 is 1.16 bits per heavy atom. The third-order valence-electron chi connectivity index (χ3n) is 5.00. The Morgan fingerprint density at radius 2 is 1.88 bits per heavy atom. The number of H-pyrrole nitrogens is 1. The molecule has 0 amide bonds. The fourth-order valence-corrected chi connectivity index (χ4v) is 4.56. The van der Waals surface area contributed by atoms with Crippen molar-refractivity contribution in [2.45, 2.75) is 30.1 Å². The van der Waals surface area contributed by atoms with E-state index in [1.54, 1.807) is 12.1 Å². The van der Waals surface area contributed by atoms with Gasteiger partial charge in [-0.3, -0.25) is 0 Å². The molecule has 6 heteroatoms. The van der Waals surface area contributed by atoms with E-state index >= 15 is 0 Å². The Morgan fingerprint density at radius 3 is 2.56 bits per heavy atom. The van der Waals surface area contributed by atoms with E-state index in [4.69, 9.17) is 11.6 Å². The molecule has 1 saturated carbocycles. The zero-order chi connectivity index (χ0) is 17.7. The van der Waals surface area contributed by atoms with Crippen LogP contribution in [0.1, 0.15) is 24.0 Å². The fourth-order valence-electron chi connectivity index (χ4n) is 3.26. The number of halogens is 1. The van der Waals surface area contributed by atoms with E-state index in [9.17, 15) is 8.42 Å². The van der Waals surface area contributed by atoms with Crippen molar-refractivity contribution < 1.29 is 8.42 Å². The Kier molecular flexibility index (Phi) is 3.90. The average molecular weight is 375 g/mol. The fraction of sp³-hybridized carbons (Fsp3) is 0.263. The summed E-state index contributed by atoms with van der Waals surface area (Å²) in [7, 11) is -3.50. The summed E-state index contributed by atoms with van der Waals surface area (Å²) in [6.45, 7) is 2.34. The predicted octanol–water partition coefficient (Wildman–Crippen LogP) is 4.14. The lowest BCUT2D eigenvalue weighted by Crippen LogP contribution is -2.32. The Balaban J connectivity index is 1.58. The molecule has 0 unspecified atom stereocenters. The number of sulfonamides is 1. The second-order valence-electron chi connectivity index (χ2n) is 6.81. The van der Waals surface area contributed by atoms with Crippen molar-refractivity contribution in [3.05, 3.63) is 64.8 Å². The minimum atomic E-state index is -3.50. The number of nitrogens with one attached hydrogen (secondary N) is 2. The number of aromatic amines is 1. The molecule has 0 atom stereocenters. The maximum atomic E-state index is 12.6. The van der Waals surface area contributed by atoms with E-state index in [1.165, 1.54) is 0 Å². The van der Waals surface area contributed by atoms with Crippen LogP contribution in [0.2, 0.25) is 5.02 Å². The van der Waals surface area contributed by atoms with Crippen molar-refractivity contribution in [1.29, 1.82) is 0 Å². The number of hydrogen-bond acceptors (Lipinski definition) is 2. The molecular formula is C19H19ClN2O2S. The van der Waals surface area contributed by atoms with Crippen molar-refractivity contribution in [2.75, 3.05) is 6.54 Å². The molecule has 4 nitrogen and oxygen atoms in total. The van der Waals surface area contributed by atoms with Gasteiger partial charge < -0.3 is 4.98 Å². The Labute approximate surface area is 152 Å². The predicted molar refractivity (Wildman–Crippen MR) is 101 cm³/mol. The van der Waals surface area contributed by atoms with Crippen LogP contribution in [0.3, 0.4) is 0 Å². The molecule has 0 saturated heterocycles. The lowest BCUT2D eigenvalue weighted by Gasteiger charge is -2.16. The number of hydrogen-bond donors (Lipinski definition) is 2. The van der Waals surface area contributed by atoms with E-state index in [1.807, 2.05) is 43.5 Å². The van der Waals surface area contributed by atoms with Gasteiger partial charge in [-0.2, -0.15) is 0 Å². The van der Waals surface area contributed by atoms with E-state index in [0.717, 1.165) is 34.9 Å². The van der Waals surface area contributed by atoms with Gasteiger partial charge in [0.25, 0.3) is 0 Å². The number of rotatable bonds is 5. The van der Waals surface area contributed by atoms with Gasteiger partial charge in [0, 0.05) is 34.1 Å². The van der Waals surface area contributed by atoms with Crippen molar-refractivity contribution in [3.63, 3.8) is 0 Å². The maximum Gasteiger partial charge on any atom is 0.240 e. The summed E-state index contributed by atoms with van der Waals surface area (Å²) in [5.41, 5.74) is 3.04.